The second-order valence-corrected chi connectivity index (χ2v) is 7.86. The first-order chi connectivity index (χ1) is 8.03. The van der Waals surface area contributed by atoms with E-state index in [1.807, 2.05) is 12.1 Å². The van der Waals surface area contributed by atoms with Crippen LogP contribution < -0.4 is 5.32 Å². The summed E-state index contributed by atoms with van der Waals surface area (Å²) in [5.74, 6) is 0.280. The fraction of sp³-hybridized carbons (Fsp3) is 0.500. The maximum absolute atomic E-state index is 12.5. The van der Waals surface area contributed by atoms with Crippen LogP contribution in [0.25, 0.3) is 0 Å². The van der Waals surface area contributed by atoms with Gasteiger partial charge in [0.15, 0.2) is 9.84 Å². The number of fused-ring (bicyclic) bond motifs is 1. The van der Waals surface area contributed by atoms with Gasteiger partial charge < -0.3 is 5.32 Å². The summed E-state index contributed by atoms with van der Waals surface area (Å²) in [5, 5.41) is 3.31. The van der Waals surface area contributed by atoms with E-state index < -0.39 is 9.84 Å². The standard InChI is InChI=1S/C12H14BrNO2S/c13-9-3-1-4-10-11(9)17(15,16)8-12(7-14-10)5-2-6-12/h1,3-4,14H,2,5-8H2. The highest BCUT2D eigenvalue weighted by molar-refractivity contribution is 9.10. The molecule has 0 unspecified atom stereocenters. The summed E-state index contributed by atoms with van der Waals surface area (Å²) in [6.07, 6.45) is 3.18. The highest BCUT2D eigenvalue weighted by Gasteiger charge is 2.44. The van der Waals surface area contributed by atoms with Gasteiger partial charge in [0, 0.05) is 16.4 Å². The second-order valence-electron chi connectivity index (χ2n) is 5.08. The molecule has 1 fully saturated rings. The van der Waals surface area contributed by atoms with E-state index in [0.29, 0.717) is 9.37 Å². The van der Waals surface area contributed by atoms with Crippen LogP contribution in [0, 0.1) is 5.41 Å². The van der Waals surface area contributed by atoms with Gasteiger partial charge in [0.2, 0.25) is 0 Å². The Labute approximate surface area is 110 Å². The summed E-state index contributed by atoms with van der Waals surface area (Å²) in [5.41, 5.74) is 0.709. The fourth-order valence-electron chi connectivity index (χ4n) is 2.77. The normalized spacial score (nSPS) is 24.3. The highest BCUT2D eigenvalue weighted by Crippen LogP contribution is 2.46. The number of anilines is 1. The van der Waals surface area contributed by atoms with Crippen molar-refractivity contribution in [3.05, 3.63) is 22.7 Å². The minimum atomic E-state index is -3.19. The molecule has 0 saturated heterocycles. The molecule has 1 N–H and O–H groups in total. The molecule has 0 amide bonds. The van der Waals surface area contributed by atoms with Crippen molar-refractivity contribution in [3.63, 3.8) is 0 Å². The van der Waals surface area contributed by atoms with Crippen LogP contribution in [0.3, 0.4) is 0 Å². The van der Waals surface area contributed by atoms with Gasteiger partial charge in [0.05, 0.1) is 11.4 Å². The molecule has 5 heteroatoms. The Balaban J connectivity index is 2.14. The quantitative estimate of drug-likeness (QED) is 0.800. The first-order valence-electron chi connectivity index (χ1n) is 5.78. The molecule has 1 aromatic carbocycles. The third-order valence-electron chi connectivity index (χ3n) is 3.84. The van der Waals surface area contributed by atoms with Crippen molar-refractivity contribution in [2.24, 2.45) is 5.41 Å². The molecule has 1 spiro atoms. The van der Waals surface area contributed by atoms with E-state index in [1.165, 1.54) is 0 Å². The highest BCUT2D eigenvalue weighted by atomic mass is 79.9. The number of halogens is 1. The summed E-state index contributed by atoms with van der Waals surface area (Å²) in [6, 6.07) is 5.50. The zero-order chi connectivity index (χ0) is 12.1. The van der Waals surface area contributed by atoms with Gasteiger partial charge in [-0.1, -0.05) is 12.5 Å². The lowest BCUT2D eigenvalue weighted by Gasteiger charge is -2.40. The number of hydrogen-bond donors (Lipinski definition) is 1. The Hall–Kier alpha value is -0.550. The van der Waals surface area contributed by atoms with Gasteiger partial charge >= 0.3 is 0 Å². The molecule has 1 aromatic rings. The Morgan fingerprint density at radius 2 is 2.06 bits per heavy atom. The minimum Gasteiger partial charge on any atom is -0.383 e. The van der Waals surface area contributed by atoms with E-state index in [2.05, 4.69) is 21.2 Å². The number of benzene rings is 1. The van der Waals surface area contributed by atoms with Crippen LogP contribution in [0.1, 0.15) is 19.3 Å². The zero-order valence-corrected chi connectivity index (χ0v) is 11.8. The molecular formula is C12H14BrNO2S. The van der Waals surface area contributed by atoms with Gasteiger partial charge in [0.1, 0.15) is 4.90 Å². The van der Waals surface area contributed by atoms with Crippen LogP contribution in [0.2, 0.25) is 0 Å². The molecule has 2 aliphatic rings. The van der Waals surface area contributed by atoms with E-state index in [1.54, 1.807) is 6.07 Å². The van der Waals surface area contributed by atoms with Gasteiger partial charge in [-0.15, -0.1) is 0 Å². The van der Waals surface area contributed by atoms with E-state index in [0.717, 1.165) is 31.5 Å². The smallest absolute Gasteiger partial charge is 0.182 e. The van der Waals surface area contributed by atoms with Crippen LogP contribution in [-0.2, 0) is 9.84 Å². The van der Waals surface area contributed by atoms with Gasteiger partial charge in [0.25, 0.3) is 0 Å². The number of rotatable bonds is 0. The van der Waals surface area contributed by atoms with Crippen molar-refractivity contribution >= 4 is 31.5 Å². The molecule has 17 heavy (non-hydrogen) atoms. The summed E-state index contributed by atoms with van der Waals surface area (Å²) >= 11 is 3.35. The summed E-state index contributed by atoms with van der Waals surface area (Å²) in [4.78, 5) is 0.434. The summed E-state index contributed by atoms with van der Waals surface area (Å²) < 4.78 is 25.6. The van der Waals surface area contributed by atoms with E-state index >= 15 is 0 Å². The lowest BCUT2D eigenvalue weighted by atomic mass is 9.70. The third kappa shape index (κ3) is 1.80. The first kappa shape index (κ1) is 11.5. The molecule has 0 aromatic heterocycles. The number of hydrogen-bond acceptors (Lipinski definition) is 3. The molecule has 0 atom stereocenters. The van der Waals surface area contributed by atoms with Crippen LogP contribution in [-0.4, -0.2) is 20.7 Å². The van der Waals surface area contributed by atoms with Gasteiger partial charge in [-0.3, -0.25) is 0 Å². The summed E-state index contributed by atoms with van der Waals surface area (Å²) in [6.45, 7) is 0.773. The van der Waals surface area contributed by atoms with E-state index in [4.69, 9.17) is 0 Å². The lowest BCUT2D eigenvalue weighted by molar-refractivity contribution is 0.184. The van der Waals surface area contributed by atoms with Crippen molar-refractivity contribution in [1.82, 2.24) is 0 Å². The molecule has 1 heterocycles. The van der Waals surface area contributed by atoms with Crippen molar-refractivity contribution in [1.29, 1.82) is 0 Å². The third-order valence-corrected chi connectivity index (χ3v) is 6.82. The number of sulfone groups is 1. The van der Waals surface area contributed by atoms with Crippen LogP contribution in [0.4, 0.5) is 5.69 Å². The predicted octanol–water partition coefficient (Wildman–Crippen LogP) is 2.82. The van der Waals surface area contributed by atoms with Crippen molar-refractivity contribution in [2.45, 2.75) is 24.2 Å². The average Bonchev–Trinajstić information content (AvgIpc) is 2.33. The fourth-order valence-corrected chi connectivity index (χ4v) is 6.06. The SMILES string of the molecule is O=S1(=O)CC2(CCC2)CNc2cccc(Br)c21. The van der Waals surface area contributed by atoms with Gasteiger partial charge in [-0.25, -0.2) is 8.42 Å². The van der Waals surface area contributed by atoms with E-state index in [9.17, 15) is 8.42 Å². The van der Waals surface area contributed by atoms with Gasteiger partial charge in [-0.05, 0) is 40.9 Å². The largest absolute Gasteiger partial charge is 0.383 e. The maximum atomic E-state index is 12.5. The van der Waals surface area contributed by atoms with Crippen molar-refractivity contribution < 1.29 is 8.42 Å². The van der Waals surface area contributed by atoms with Crippen molar-refractivity contribution in [2.75, 3.05) is 17.6 Å². The Bertz CT molecular complexity index is 564. The second kappa shape index (κ2) is 3.72. The first-order valence-corrected chi connectivity index (χ1v) is 8.22. The number of nitrogens with one attached hydrogen (secondary N) is 1. The molecule has 92 valence electrons. The lowest BCUT2D eigenvalue weighted by Crippen LogP contribution is -2.40. The van der Waals surface area contributed by atoms with Crippen molar-refractivity contribution in [3.8, 4) is 0 Å². The van der Waals surface area contributed by atoms with Crippen LogP contribution >= 0.6 is 15.9 Å². The Morgan fingerprint density at radius 3 is 2.71 bits per heavy atom. The zero-order valence-electron chi connectivity index (χ0n) is 9.37. The van der Waals surface area contributed by atoms with Crippen LogP contribution in [0.5, 0.6) is 0 Å². The molecule has 0 bridgehead atoms. The summed E-state index contributed by atoms with van der Waals surface area (Å²) in [7, 11) is -3.19. The molecule has 1 saturated carbocycles. The van der Waals surface area contributed by atoms with Crippen LogP contribution in [0.15, 0.2) is 27.6 Å². The Morgan fingerprint density at radius 1 is 1.29 bits per heavy atom. The molecule has 3 nitrogen and oxygen atoms in total. The minimum absolute atomic E-state index is 0.0305. The van der Waals surface area contributed by atoms with E-state index in [-0.39, 0.29) is 11.2 Å². The molecule has 1 aliphatic heterocycles. The maximum Gasteiger partial charge on any atom is 0.182 e. The predicted molar refractivity (Wildman–Crippen MR) is 71.0 cm³/mol. The average molecular weight is 316 g/mol. The van der Waals surface area contributed by atoms with Gasteiger partial charge in [-0.2, -0.15) is 0 Å². The Kier molecular flexibility index (Phi) is 2.52. The molecule has 0 radical (unpaired) electrons. The monoisotopic (exact) mass is 315 g/mol. The molecule has 1 aliphatic carbocycles. The molecular weight excluding hydrogens is 302 g/mol. The topological polar surface area (TPSA) is 46.2 Å². The molecule has 3 rings (SSSR count).